The molecule has 2 aromatic carbocycles. The Kier molecular flexibility index (Phi) is 6.81. The van der Waals surface area contributed by atoms with E-state index in [1.807, 2.05) is 24.3 Å². The molecule has 122 valence electrons. The van der Waals surface area contributed by atoms with Crippen LogP contribution in [0.5, 0.6) is 0 Å². The highest BCUT2D eigenvalue weighted by Crippen LogP contribution is 2.16. The number of carbonyl (C=O) groups excluding carboxylic acids is 1. The van der Waals surface area contributed by atoms with Crippen LogP contribution in [0, 0.1) is 6.92 Å². The lowest BCUT2D eigenvalue weighted by atomic mass is 10.0. The van der Waals surface area contributed by atoms with Crippen LogP contribution < -0.4 is 10.6 Å². The second-order valence-electron chi connectivity index (χ2n) is 5.71. The smallest absolute Gasteiger partial charge is 0.275 e. The molecule has 0 heterocycles. The number of carbonyl (C=O) groups is 1. The topological polar surface area (TPSA) is 45.7 Å². The third-order valence-corrected chi connectivity index (χ3v) is 4.59. The summed E-state index contributed by atoms with van der Waals surface area (Å²) in [4.78, 5) is 12.1. The fraction of sp³-hybridized carbons (Fsp3) is 0.316. The summed E-state index contributed by atoms with van der Waals surface area (Å²) in [7, 11) is 0. The highest BCUT2D eigenvalue weighted by atomic mass is 79.9. The molecular weight excluding hydrogens is 352 g/mol. The molecule has 0 aliphatic rings. The van der Waals surface area contributed by atoms with E-state index in [1.54, 1.807) is 0 Å². The number of hydrogen-bond acceptors (Lipinski definition) is 1. The van der Waals surface area contributed by atoms with Crippen LogP contribution in [0.1, 0.15) is 36.1 Å². The van der Waals surface area contributed by atoms with Gasteiger partial charge >= 0.3 is 0 Å². The van der Waals surface area contributed by atoms with Crippen molar-refractivity contribution in [2.75, 3.05) is 6.54 Å². The minimum atomic E-state index is 0.0730. The van der Waals surface area contributed by atoms with E-state index in [2.05, 4.69) is 64.7 Å². The fourth-order valence-electron chi connectivity index (χ4n) is 2.57. The van der Waals surface area contributed by atoms with Gasteiger partial charge in [0.25, 0.3) is 5.91 Å². The van der Waals surface area contributed by atoms with Crippen LogP contribution in [0.15, 0.2) is 53.0 Å². The van der Waals surface area contributed by atoms with E-state index in [4.69, 9.17) is 0 Å². The van der Waals surface area contributed by atoms with Crippen molar-refractivity contribution < 1.29 is 10.1 Å². The fourth-order valence-corrected chi connectivity index (χ4v) is 2.84. The van der Waals surface area contributed by atoms with Crippen molar-refractivity contribution in [3.05, 3.63) is 69.7 Å². The summed E-state index contributed by atoms with van der Waals surface area (Å²) in [6.45, 7) is 5.25. The molecule has 0 radical (unpaired) electrons. The third-order valence-electron chi connectivity index (χ3n) is 4.06. The average Bonchev–Trinajstić information content (AvgIpc) is 2.56. The number of aryl methyl sites for hydroxylation is 1. The van der Waals surface area contributed by atoms with Crippen LogP contribution in [0.3, 0.4) is 0 Å². The van der Waals surface area contributed by atoms with Crippen molar-refractivity contribution in [3.8, 4) is 0 Å². The lowest BCUT2D eigenvalue weighted by Crippen LogP contribution is -2.87. The Balaban J connectivity index is 1.83. The molecule has 0 fully saturated rings. The van der Waals surface area contributed by atoms with Gasteiger partial charge in [0, 0.05) is 23.0 Å². The first kappa shape index (κ1) is 17.7. The molecule has 23 heavy (non-hydrogen) atoms. The standard InChI is InChI=1S/C19H23BrN2O/c1-3-18(15-8-10-17(20)11-9-15)21-13-19(23)22-12-16-7-5-4-6-14(16)2/h4-11,18,21H,3,12-13H2,1-2H3,(H,22,23)/p+1/t18-/m0/s1. The minimum absolute atomic E-state index is 0.0730. The summed E-state index contributed by atoms with van der Waals surface area (Å²) < 4.78 is 1.08. The molecule has 0 spiro atoms. The summed E-state index contributed by atoms with van der Waals surface area (Å²) >= 11 is 3.45. The van der Waals surface area contributed by atoms with Crippen LogP contribution in [-0.2, 0) is 11.3 Å². The monoisotopic (exact) mass is 375 g/mol. The zero-order chi connectivity index (χ0) is 16.7. The third kappa shape index (κ3) is 5.48. The van der Waals surface area contributed by atoms with E-state index in [9.17, 15) is 4.79 Å². The number of benzene rings is 2. The number of rotatable bonds is 7. The Hall–Kier alpha value is -1.65. The number of hydrogen-bond donors (Lipinski definition) is 2. The van der Waals surface area contributed by atoms with Crippen LogP contribution in [-0.4, -0.2) is 12.5 Å². The van der Waals surface area contributed by atoms with Gasteiger partial charge in [-0.15, -0.1) is 0 Å². The van der Waals surface area contributed by atoms with Crippen LogP contribution in [0.25, 0.3) is 0 Å². The zero-order valence-electron chi connectivity index (χ0n) is 13.7. The van der Waals surface area contributed by atoms with Crippen molar-refractivity contribution in [1.82, 2.24) is 5.32 Å². The predicted octanol–water partition coefficient (Wildman–Crippen LogP) is 3.09. The van der Waals surface area contributed by atoms with Crippen molar-refractivity contribution in [2.24, 2.45) is 0 Å². The second-order valence-corrected chi connectivity index (χ2v) is 6.63. The van der Waals surface area contributed by atoms with Gasteiger partial charge in [-0.25, -0.2) is 0 Å². The first-order valence-corrected chi connectivity index (χ1v) is 8.79. The van der Waals surface area contributed by atoms with Gasteiger partial charge < -0.3 is 10.6 Å². The molecule has 3 nitrogen and oxygen atoms in total. The molecule has 1 atom stereocenters. The van der Waals surface area contributed by atoms with E-state index in [0.29, 0.717) is 19.1 Å². The first-order chi connectivity index (χ1) is 11.1. The summed E-state index contributed by atoms with van der Waals surface area (Å²) in [5, 5.41) is 5.11. The Morgan fingerprint density at radius 1 is 1.17 bits per heavy atom. The summed E-state index contributed by atoms with van der Waals surface area (Å²) in [6, 6.07) is 16.8. The Morgan fingerprint density at radius 3 is 2.52 bits per heavy atom. The molecule has 4 heteroatoms. The lowest BCUT2D eigenvalue weighted by molar-refractivity contribution is -0.686. The van der Waals surface area contributed by atoms with Gasteiger partial charge in [0.1, 0.15) is 6.04 Å². The van der Waals surface area contributed by atoms with Crippen LogP contribution in [0.2, 0.25) is 0 Å². The number of quaternary nitrogens is 1. The molecule has 0 saturated heterocycles. The average molecular weight is 376 g/mol. The minimum Gasteiger partial charge on any atom is -0.347 e. The van der Waals surface area contributed by atoms with Crippen molar-refractivity contribution in [3.63, 3.8) is 0 Å². The van der Waals surface area contributed by atoms with E-state index in [0.717, 1.165) is 10.9 Å². The quantitative estimate of drug-likeness (QED) is 0.767. The molecule has 2 rings (SSSR count). The molecule has 0 aliphatic carbocycles. The normalized spacial score (nSPS) is 12.0. The van der Waals surface area contributed by atoms with Gasteiger partial charge in [0.05, 0.1) is 0 Å². The molecule has 0 aromatic heterocycles. The van der Waals surface area contributed by atoms with Crippen molar-refractivity contribution in [2.45, 2.75) is 32.9 Å². The van der Waals surface area contributed by atoms with Crippen molar-refractivity contribution >= 4 is 21.8 Å². The number of halogens is 1. The second kappa shape index (κ2) is 8.85. The Bertz CT molecular complexity index is 640. The molecule has 3 N–H and O–H groups in total. The molecule has 0 saturated carbocycles. The molecule has 0 unspecified atom stereocenters. The van der Waals surface area contributed by atoms with E-state index in [1.165, 1.54) is 16.7 Å². The maximum Gasteiger partial charge on any atom is 0.275 e. The Labute approximate surface area is 146 Å². The largest absolute Gasteiger partial charge is 0.347 e. The number of nitrogens with one attached hydrogen (secondary N) is 1. The van der Waals surface area contributed by atoms with Gasteiger partial charge in [-0.3, -0.25) is 4.79 Å². The van der Waals surface area contributed by atoms with Gasteiger partial charge in [-0.2, -0.15) is 0 Å². The van der Waals surface area contributed by atoms with Gasteiger partial charge in [-0.05, 0) is 30.2 Å². The molecular formula is C19H24BrN2O+. The predicted molar refractivity (Wildman–Crippen MR) is 97.0 cm³/mol. The molecule has 0 aliphatic heterocycles. The highest BCUT2D eigenvalue weighted by molar-refractivity contribution is 9.10. The SMILES string of the molecule is CC[C@H]([NH2+]CC(=O)NCc1ccccc1C)c1ccc(Br)cc1. The maximum absolute atomic E-state index is 12.1. The van der Waals surface area contributed by atoms with Crippen molar-refractivity contribution in [1.29, 1.82) is 0 Å². The summed E-state index contributed by atoms with van der Waals surface area (Å²) in [5.41, 5.74) is 3.63. The van der Waals surface area contributed by atoms with E-state index in [-0.39, 0.29) is 5.91 Å². The maximum atomic E-state index is 12.1. The highest BCUT2D eigenvalue weighted by Gasteiger charge is 2.14. The lowest BCUT2D eigenvalue weighted by Gasteiger charge is -2.14. The summed E-state index contributed by atoms with van der Waals surface area (Å²) in [5.74, 6) is 0.0730. The number of amides is 1. The van der Waals surface area contributed by atoms with Gasteiger partial charge in [-0.1, -0.05) is 59.3 Å². The van der Waals surface area contributed by atoms with Gasteiger partial charge in [0.2, 0.25) is 0 Å². The van der Waals surface area contributed by atoms with E-state index >= 15 is 0 Å². The Morgan fingerprint density at radius 2 is 1.87 bits per heavy atom. The zero-order valence-corrected chi connectivity index (χ0v) is 15.3. The summed E-state index contributed by atoms with van der Waals surface area (Å²) in [6.07, 6.45) is 0.993. The molecule has 2 aromatic rings. The van der Waals surface area contributed by atoms with Gasteiger partial charge in [0.15, 0.2) is 6.54 Å². The van der Waals surface area contributed by atoms with Crippen LogP contribution >= 0.6 is 15.9 Å². The van der Waals surface area contributed by atoms with Crippen LogP contribution in [0.4, 0.5) is 0 Å². The number of nitrogens with two attached hydrogens (primary N) is 1. The molecule has 1 amide bonds. The molecule has 0 bridgehead atoms. The first-order valence-electron chi connectivity index (χ1n) is 8.00. The van der Waals surface area contributed by atoms with E-state index < -0.39 is 0 Å².